The number of carbonyl (C=O) groups is 1. The van der Waals surface area contributed by atoms with Gasteiger partial charge >= 0.3 is 0 Å². The van der Waals surface area contributed by atoms with Gasteiger partial charge in [0, 0.05) is 38.9 Å². The van der Waals surface area contributed by atoms with E-state index in [4.69, 9.17) is 23.2 Å². The van der Waals surface area contributed by atoms with Crippen LogP contribution in [0.25, 0.3) is 0 Å². The SMILES string of the molecule is Cc1ccccc1CCNC(=O)CN1CCN(c2ncc(Cl)cc2Cl)CC1. The fourth-order valence-corrected chi connectivity index (χ4v) is 3.74. The van der Waals surface area contributed by atoms with Crippen LogP contribution in [0.4, 0.5) is 5.82 Å². The Morgan fingerprint density at radius 1 is 1.19 bits per heavy atom. The lowest BCUT2D eigenvalue weighted by molar-refractivity contribution is -0.122. The minimum absolute atomic E-state index is 0.0692. The van der Waals surface area contributed by atoms with Crippen LogP contribution in [0.15, 0.2) is 36.5 Å². The molecule has 1 N–H and O–H groups in total. The summed E-state index contributed by atoms with van der Waals surface area (Å²) in [5, 5.41) is 4.11. The standard InChI is InChI=1S/C20H24Cl2N4O/c1-15-4-2-3-5-16(15)6-7-23-19(27)14-25-8-10-26(11-9-25)20-18(22)12-17(21)13-24-20/h2-5,12-13H,6-11,14H2,1H3,(H,23,27). The summed E-state index contributed by atoms with van der Waals surface area (Å²) in [5.41, 5.74) is 2.54. The first kappa shape index (κ1) is 19.9. The molecule has 0 aliphatic carbocycles. The smallest absolute Gasteiger partial charge is 0.234 e. The van der Waals surface area contributed by atoms with Gasteiger partial charge in [0.15, 0.2) is 0 Å². The highest BCUT2D eigenvalue weighted by Gasteiger charge is 2.21. The molecule has 5 nitrogen and oxygen atoms in total. The third kappa shape index (κ3) is 5.58. The molecule has 1 amide bonds. The second kappa shape index (κ2) is 9.40. The van der Waals surface area contributed by atoms with Crippen molar-refractivity contribution in [2.45, 2.75) is 13.3 Å². The van der Waals surface area contributed by atoms with Gasteiger partial charge in [-0.2, -0.15) is 0 Å². The Labute approximate surface area is 170 Å². The molecule has 2 heterocycles. The van der Waals surface area contributed by atoms with Crippen molar-refractivity contribution in [3.8, 4) is 0 Å². The van der Waals surface area contributed by atoms with E-state index in [1.807, 2.05) is 12.1 Å². The Morgan fingerprint density at radius 2 is 1.93 bits per heavy atom. The summed E-state index contributed by atoms with van der Waals surface area (Å²) in [6, 6.07) is 9.98. The second-order valence-corrected chi connectivity index (χ2v) is 7.59. The van der Waals surface area contributed by atoms with E-state index >= 15 is 0 Å². The number of halogens is 2. The van der Waals surface area contributed by atoms with Gasteiger partial charge in [-0.25, -0.2) is 4.98 Å². The lowest BCUT2D eigenvalue weighted by Gasteiger charge is -2.35. The number of aryl methyl sites for hydroxylation is 1. The topological polar surface area (TPSA) is 48.5 Å². The van der Waals surface area contributed by atoms with Gasteiger partial charge in [-0.15, -0.1) is 0 Å². The van der Waals surface area contributed by atoms with Crippen LogP contribution < -0.4 is 10.2 Å². The normalized spacial score (nSPS) is 15.0. The molecule has 0 unspecified atom stereocenters. The maximum atomic E-state index is 12.2. The van der Waals surface area contributed by atoms with Crippen molar-refractivity contribution >= 4 is 34.9 Å². The molecule has 27 heavy (non-hydrogen) atoms. The highest BCUT2D eigenvalue weighted by molar-refractivity contribution is 6.36. The fourth-order valence-electron chi connectivity index (χ4n) is 3.24. The van der Waals surface area contributed by atoms with Crippen LogP contribution in [0.1, 0.15) is 11.1 Å². The van der Waals surface area contributed by atoms with Crippen LogP contribution in [0, 0.1) is 6.92 Å². The molecule has 0 saturated carbocycles. The Hall–Kier alpha value is -1.82. The van der Waals surface area contributed by atoms with E-state index in [0.717, 1.165) is 38.4 Å². The largest absolute Gasteiger partial charge is 0.355 e. The quantitative estimate of drug-likeness (QED) is 0.799. The van der Waals surface area contributed by atoms with Crippen molar-refractivity contribution in [2.24, 2.45) is 0 Å². The molecule has 1 aliphatic heterocycles. The van der Waals surface area contributed by atoms with E-state index in [2.05, 4.69) is 39.2 Å². The third-order valence-corrected chi connectivity index (χ3v) is 5.29. The summed E-state index contributed by atoms with van der Waals surface area (Å²) in [6.07, 6.45) is 2.46. The average Bonchev–Trinajstić information content (AvgIpc) is 2.64. The van der Waals surface area contributed by atoms with Crippen LogP contribution >= 0.6 is 23.2 Å². The maximum Gasteiger partial charge on any atom is 0.234 e. The third-order valence-electron chi connectivity index (χ3n) is 4.81. The molecule has 0 atom stereocenters. The number of anilines is 1. The minimum atomic E-state index is 0.0692. The molecular weight excluding hydrogens is 383 g/mol. The number of nitrogens with zero attached hydrogens (tertiary/aromatic N) is 3. The van der Waals surface area contributed by atoms with Crippen molar-refractivity contribution in [2.75, 3.05) is 44.2 Å². The number of hydrogen-bond donors (Lipinski definition) is 1. The van der Waals surface area contributed by atoms with Gasteiger partial charge in [0.05, 0.1) is 16.6 Å². The zero-order valence-electron chi connectivity index (χ0n) is 15.4. The first-order valence-corrected chi connectivity index (χ1v) is 9.88. The van der Waals surface area contributed by atoms with Gasteiger partial charge in [0.2, 0.25) is 5.91 Å². The Kier molecular flexibility index (Phi) is 6.94. The van der Waals surface area contributed by atoms with Gasteiger partial charge in [0.1, 0.15) is 5.82 Å². The van der Waals surface area contributed by atoms with Crippen molar-refractivity contribution in [1.29, 1.82) is 0 Å². The number of pyridine rings is 1. The molecule has 2 aromatic rings. The summed E-state index contributed by atoms with van der Waals surface area (Å²) < 4.78 is 0. The van der Waals surface area contributed by atoms with Gasteiger partial charge in [0.25, 0.3) is 0 Å². The Balaban J connectivity index is 1.41. The number of piperazine rings is 1. The Morgan fingerprint density at radius 3 is 2.63 bits per heavy atom. The summed E-state index contributed by atoms with van der Waals surface area (Å²) in [7, 11) is 0. The molecule has 1 saturated heterocycles. The molecule has 0 spiro atoms. The molecule has 1 fully saturated rings. The van der Waals surface area contributed by atoms with Crippen LogP contribution in [0.5, 0.6) is 0 Å². The molecule has 1 aromatic heterocycles. The van der Waals surface area contributed by atoms with Crippen molar-refractivity contribution in [1.82, 2.24) is 15.2 Å². The monoisotopic (exact) mass is 406 g/mol. The van der Waals surface area contributed by atoms with Crippen LogP contribution in [-0.2, 0) is 11.2 Å². The van der Waals surface area contributed by atoms with E-state index in [0.29, 0.717) is 23.1 Å². The maximum absolute atomic E-state index is 12.2. The number of benzene rings is 1. The summed E-state index contributed by atoms with van der Waals surface area (Å²) in [6.45, 7) is 6.34. The summed E-state index contributed by atoms with van der Waals surface area (Å²) >= 11 is 12.1. The average molecular weight is 407 g/mol. The highest BCUT2D eigenvalue weighted by Crippen LogP contribution is 2.26. The summed E-state index contributed by atoms with van der Waals surface area (Å²) in [4.78, 5) is 20.8. The molecule has 3 rings (SSSR count). The number of aromatic nitrogens is 1. The van der Waals surface area contributed by atoms with E-state index in [-0.39, 0.29) is 5.91 Å². The Bertz CT molecular complexity index is 791. The molecular formula is C20H24Cl2N4O. The minimum Gasteiger partial charge on any atom is -0.355 e. The lowest BCUT2D eigenvalue weighted by Crippen LogP contribution is -2.50. The molecule has 1 aliphatic rings. The molecule has 0 bridgehead atoms. The number of carbonyl (C=O) groups excluding carboxylic acids is 1. The molecule has 0 radical (unpaired) electrons. The number of hydrogen-bond acceptors (Lipinski definition) is 4. The zero-order chi connectivity index (χ0) is 19.2. The van der Waals surface area contributed by atoms with Gasteiger partial charge in [-0.05, 0) is 30.5 Å². The van der Waals surface area contributed by atoms with E-state index in [1.54, 1.807) is 12.3 Å². The van der Waals surface area contributed by atoms with Crippen LogP contribution in [0.3, 0.4) is 0 Å². The van der Waals surface area contributed by atoms with E-state index in [1.165, 1.54) is 11.1 Å². The van der Waals surface area contributed by atoms with Crippen molar-refractivity contribution < 1.29 is 4.79 Å². The molecule has 144 valence electrons. The molecule has 1 aromatic carbocycles. The molecule has 7 heteroatoms. The van der Waals surface area contributed by atoms with Crippen molar-refractivity contribution in [3.63, 3.8) is 0 Å². The van der Waals surface area contributed by atoms with Gasteiger partial charge in [-0.3, -0.25) is 9.69 Å². The predicted octanol–water partition coefficient (Wildman–Crippen LogP) is 3.18. The van der Waals surface area contributed by atoms with Crippen LogP contribution in [-0.4, -0.2) is 55.1 Å². The first-order valence-electron chi connectivity index (χ1n) is 9.12. The summed E-state index contributed by atoms with van der Waals surface area (Å²) in [5.74, 6) is 0.822. The van der Waals surface area contributed by atoms with Crippen LogP contribution in [0.2, 0.25) is 10.0 Å². The fraction of sp³-hybridized carbons (Fsp3) is 0.400. The van der Waals surface area contributed by atoms with E-state index in [9.17, 15) is 4.79 Å². The predicted molar refractivity (Wildman–Crippen MR) is 111 cm³/mol. The van der Waals surface area contributed by atoms with Gasteiger partial charge in [-0.1, -0.05) is 47.5 Å². The van der Waals surface area contributed by atoms with Crippen molar-refractivity contribution in [3.05, 3.63) is 57.7 Å². The number of amides is 1. The second-order valence-electron chi connectivity index (χ2n) is 6.75. The first-order chi connectivity index (χ1) is 13.0. The highest BCUT2D eigenvalue weighted by atomic mass is 35.5. The number of nitrogens with one attached hydrogen (secondary N) is 1. The zero-order valence-corrected chi connectivity index (χ0v) is 16.9. The number of rotatable bonds is 6. The van der Waals surface area contributed by atoms with Gasteiger partial charge < -0.3 is 10.2 Å². The van der Waals surface area contributed by atoms with E-state index < -0.39 is 0 Å². The lowest BCUT2D eigenvalue weighted by atomic mass is 10.1.